The zero-order valence-corrected chi connectivity index (χ0v) is 34.8. The maximum Gasteiger partial charge on any atom is 0.500 e. The van der Waals surface area contributed by atoms with Crippen LogP contribution in [0.1, 0.15) is 58.4 Å². The third-order valence-electron chi connectivity index (χ3n) is 8.63. The molecular formula is C38H54O10S2Si2. The summed E-state index contributed by atoms with van der Waals surface area (Å²) in [7, 11) is 4.27. The monoisotopic (exact) mass is 790 g/mol. The number of esters is 2. The van der Waals surface area contributed by atoms with Gasteiger partial charge in [0.1, 0.15) is 13.2 Å². The van der Waals surface area contributed by atoms with Crippen LogP contribution in [-0.4, -0.2) is 83.7 Å². The molecule has 0 fully saturated rings. The summed E-state index contributed by atoms with van der Waals surface area (Å²) >= 11 is 3.39. The van der Waals surface area contributed by atoms with Gasteiger partial charge in [-0.05, 0) is 46.6 Å². The van der Waals surface area contributed by atoms with E-state index in [-0.39, 0.29) is 48.5 Å². The van der Waals surface area contributed by atoms with E-state index in [4.69, 9.17) is 36.0 Å². The first-order chi connectivity index (χ1) is 25.2. The fraction of sp³-hybridized carbons (Fsp3) is 0.474. The second-order valence-electron chi connectivity index (χ2n) is 11.9. The van der Waals surface area contributed by atoms with Crippen LogP contribution in [-0.2, 0) is 58.8 Å². The van der Waals surface area contributed by atoms with Gasteiger partial charge in [0, 0.05) is 65.2 Å². The second kappa shape index (κ2) is 24.0. The Bertz CT molecular complexity index is 1300. The van der Waals surface area contributed by atoms with E-state index in [0.29, 0.717) is 12.1 Å². The molecule has 0 N–H and O–H groups in total. The molecular weight excluding hydrogens is 737 g/mol. The van der Waals surface area contributed by atoms with Gasteiger partial charge in [0.2, 0.25) is 0 Å². The molecule has 0 heterocycles. The lowest BCUT2D eigenvalue weighted by Gasteiger charge is -2.25. The van der Waals surface area contributed by atoms with E-state index in [2.05, 4.69) is 24.3 Å². The van der Waals surface area contributed by atoms with Crippen molar-refractivity contribution < 1.29 is 45.6 Å². The van der Waals surface area contributed by atoms with Gasteiger partial charge in [0.05, 0.1) is 12.8 Å². The lowest BCUT2D eigenvalue weighted by molar-refractivity contribution is -0.145. The van der Waals surface area contributed by atoms with Gasteiger partial charge in [-0.1, -0.05) is 84.9 Å². The van der Waals surface area contributed by atoms with Crippen molar-refractivity contribution >= 4 is 53.1 Å². The van der Waals surface area contributed by atoms with Gasteiger partial charge in [0.15, 0.2) is 0 Å². The Kier molecular flexibility index (Phi) is 20.3. The quantitative estimate of drug-likeness (QED) is 0.0446. The van der Waals surface area contributed by atoms with E-state index < -0.39 is 17.6 Å². The summed E-state index contributed by atoms with van der Waals surface area (Å²) in [6.07, 6.45) is 2.02. The van der Waals surface area contributed by atoms with Crippen LogP contribution < -0.4 is 0 Å². The molecule has 0 aliphatic carbocycles. The predicted octanol–water partition coefficient (Wildman–Crippen LogP) is 8.04. The molecule has 14 heteroatoms. The number of hydrogen-bond acceptors (Lipinski definition) is 12. The molecule has 0 spiro atoms. The largest absolute Gasteiger partial charge is 0.500 e. The summed E-state index contributed by atoms with van der Waals surface area (Å²) in [5, 5.41) is -0.281. The fourth-order valence-corrected chi connectivity index (χ4v) is 11.9. The third-order valence-corrected chi connectivity index (χ3v) is 17.0. The Balaban J connectivity index is 1.74. The van der Waals surface area contributed by atoms with E-state index >= 15 is 0 Å². The van der Waals surface area contributed by atoms with Crippen LogP contribution in [0.15, 0.2) is 84.9 Å². The zero-order chi connectivity index (χ0) is 37.7. The Hall–Kier alpha value is -2.51. The van der Waals surface area contributed by atoms with Crippen molar-refractivity contribution in [2.45, 2.75) is 61.5 Å². The van der Waals surface area contributed by atoms with Crippen LogP contribution in [0.5, 0.6) is 0 Å². The molecule has 286 valence electrons. The lowest BCUT2D eigenvalue weighted by Crippen LogP contribution is -2.42. The van der Waals surface area contributed by atoms with E-state index in [1.54, 1.807) is 66.2 Å². The van der Waals surface area contributed by atoms with Crippen molar-refractivity contribution in [2.24, 2.45) is 0 Å². The molecule has 3 aromatic carbocycles. The van der Waals surface area contributed by atoms with E-state index in [1.807, 2.05) is 60.7 Å². The highest BCUT2D eigenvalue weighted by Gasteiger charge is 2.38. The second-order valence-corrected chi connectivity index (χ2v) is 20.7. The number of hydrogen-bond donors (Lipinski definition) is 0. The summed E-state index contributed by atoms with van der Waals surface area (Å²) in [5.41, 5.74) is 3.89. The molecule has 0 radical (unpaired) electrons. The summed E-state index contributed by atoms with van der Waals surface area (Å²) in [5.74, 6) is 1.00. The van der Waals surface area contributed by atoms with E-state index in [9.17, 15) is 9.59 Å². The molecule has 0 bridgehead atoms. The number of thioether (sulfide) groups is 2. The Morgan fingerprint density at radius 3 is 1.15 bits per heavy atom. The minimum Gasteiger partial charge on any atom is -0.461 e. The molecule has 10 nitrogen and oxygen atoms in total. The molecule has 2 unspecified atom stereocenters. The smallest absolute Gasteiger partial charge is 0.461 e. The molecule has 0 aliphatic rings. The van der Waals surface area contributed by atoms with Gasteiger partial charge >= 0.3 is 29.5 Å². The van der Waals surface area contributed by atoms with Crippen molar-refractivity contribution in [2.75, 3.05) is 54.2 Å². The molecule has 2 atom stereocenters. The summed E-state index contributed by atoms with van der Waals surface area (Å²) in [6.45, 7) is 0.448. The molecule has 52 heavy (non-hydrogen) atoms. The van der Waals surface area contributed by atoms with Crippen molar-refractivity contribution in [1.82, 2.24) is 0 Å². The van der Waals surface area contributed by atoms with Crippen LogP contribution in [0.25, 0.3) is 0 Å². The predicted molar refractivity (Wildman–Crippen MR) is 211 cm³/mol. The van der Waals surface area contributed by atoms with Gasteiger partial charge in [0.25, 0.3) is 0 Å². The molecule has 0 aliphatic heterocycles. The van der Waals surface area contributed by atoms with Crippen molar-refractivity contribution in [3.05, 3.63) is 107 Å². The van der Waals surface area contributed by atoms with Crippen LogP contribution in [0, 0.1) is 0 Å². The van der Waals surface area contributed by atoms with E-state index in [1.165, 1.54) is 0 Å². The first-order valence-electron chi connectivity index (χ1n) is 17.3. The lowest BCUT2D eigenvalue weighted by atomic mass is 10.0. The van der Waals surface area contributed by atoms with Crippen molar-refractivity contribution in [3.8, 4) is 0 Å². The Morgan fingerprint density at radius 2 is 0.846 bits per heavy atom. The standard InChI is InChI=1S/C38H54O10S2Si2/c1-41-51(42-2,43-3)25-13-23-49-35(27-37(39)47-29-31-15-9-7-10-16-31)33-19-21-34(22-20-33)36(50-24-14-26-52(44-4,45-5)46-6)28-38(40)48-30-32-17-11-8-12-18-32/h7-12,15-22,35-36H,13-14,23-30H2,1-6H3. The third kappa shape index (κ3) is 14.7. The summed E-state index contributed by atoms with van der Waals surface area (Å²) in [4.78, 5) is 26.2. The minimum atomic E-state index is -2.71. The van der Waals surface area contributed by atoms with Crippen molar-refractivity contribution in [3.63, 3.8) is 0 Å². The number of ether oxygens (including phenoxy) is 2. The molecule has 0 amide bonds. The van der Waals surface area contributed by atoms with Gasteiger partial charge in [-0.15, -0.1) is 0 Å². The summed E-state index contributed by atoms with van der Waals surface area (Å²) in [6, 6.07) is 28.9. The van der Waals surface area contributed by atoms with Gasteiger partial charge < -0.3 is 36.0 Å². The number of rotatable bonds is 26. The van der Waals surface area contributed by atoms with Crippen LogP contribution in [0.3, 0.4) is 0 Å². The Morgan fingerprint density at radius 1 is 0.519 bits per heavy atom. The number of benzene rings is 3. The topological polar surface area (TPSA) is 108 Å². The average Bonchev–Trinajstić information content (AvgIpc) is 3.20. The normalized spacial score (nSPS) is 13.0. The first-order valence-corrected chi connectivity index (χ1v) is 23.2. The number of carbonyl (C=O) groups excluding carboxylic acids is 2. The van der Waals surface area contributed by atoms with Crippen LogP contribution in [0.2, 0.25) is 12.1 Å². The van der Waals surface area contributed by atoms with E-state index in [0.717, 1.165) is 46.6 Å². The molecule has 0 saturated heterocycles. The van der Waals surface area contributed by atoms with Gasteiger partial charge in [-0.25, -0.2) is 0 Å². The molecule has 3 rings (SSSR count). The maximum absolute atomic E-state index is 13.1. The molecule has 3 aromatic rings. The minimum absolute atomic E-state index is 0.141. The Labute approximate surface area is 320 Å². The van der Waals surface area contributed by atoms with Crippen LogP contribution in [0.4, 0.5) is 0 Å². The maximum atomic E-state index is 13.1. The fourth-order valence-electron chi connectivity index (χ4n) is 5.51. The zero-order valence-electron chi connectivity index (χ0n) is 31.2. The SMILES string of the molecule is CO[Si](CCCSC(CC(=O)OCc1ccccc1)c1ccc(C(CC(=O)OCc2ccccc2)SCCC[Si](OC)(OC)OC)cc1)(OC)OC. The highest BCUT2D eigenvalue weighted by Crippen LogP contribution is 2.38. The van der Waals surface area contributed by atoms with Crippen LogP contribution >= 0.6 is 23.5 Å². The molecule has 0 saturated carbocycles. The highest BCUT2D eigenvalue weighted by atomic mass is 32.2. The van der Waals surface area contributed by atoms with Gasteiger partial charge in [-0.2, -0.15) is 23.5 Å². The summed E-state index contributed by atoms with van der Waals surface area (Å²) < 4.78 is 44.9. The first kappa shape index (κ1) is 43.9. The van der Waals surface area contributed by atoms with Gasteiger partial charge in [-0.3, -0.25) is 9.59 Å². The number of carbonyl (C=O) groups is 2. The van der Waals surface area contributed by atoms with Crippen molar-refractivity contribution in [1.29, 1.82) is 0 Å². The highest BCUT2D eigenvalue weighted by molar-refractivity contribution is 7.99. The average molecular weight is 791 g/mol. The molecule has 0 aromatic heterocycles.